The van der Waals surface area contributed by atoms with Crippen molar-refractivity contribution in [3.05, 3.63) is 0 Å². The Balaban J connectivity index is 1.80. The fourth-order valence-electron chi connectivity index (χ4n) is 3.90. The Kier molecular flexibility index (Phi) is 6.49. The van der Waals surface area contributed by atoms with Crippen molar-refractivity contribution in [1.82, 2.24) is 5.32 Å². The third-order valence-corrected chi connectivity index (χ3v) is 5.31. The van der Waals surface area contributed by atoms with E-state index in [1.165, 1.54) is 19.3 Å². The van der Waals surface area contributed by atoms with E-state index in [0.717, 1.165) is 45.1 Å². The predicted octanol–water partition coefficient (Wildman–Crippen LogP) is 2.64. The molecule has 2 aliphatic rings. The highest BCUT2D eigenvalue weighted by Crippen LogP contribution is 2.36. The largest absolute Gasteiger partial charge is 0.466 e. The second kappa shape index (κ2) is 8.14. The summed E-state index contributed by atoms with van der Waals surface area (Å²) in [5.41, 5.74) is 0.0785. The van der Waals surface area contributed by atoms with Crippen molar-refractivity contribution in [3.63, 3.8) is 0 Å². The maximum Gasteiger partial charge on any atom is 0.308 e. The zero-order chi connectivity index (χ0) is 15.1. The van der Waals surface area contributed by atoms with E-state index < -0.39 is 0 Å². The van der Waals surface area contributed by atoms with Crippen LogP contribution < -0.4 is 5.32 Å². The lowest BCUT2D eigenvalue weighted by atomic mass is 9.74. The number of hydrogen-bond donors (Lipinski definition) is 2. The number of rotatable bonds is 6. The normalized spacial score (nSPS) is 29.0. The average Bonchev–Trinajstić information content (AvgIpc) is 2.54. The molecular weight excluding hydrogens is 266 g/mol. The van der Waals surface area contributed by atoms with Crippen LogP contribution in [0, 0.1) is 11.3 Å². The SMILES string of the molecule is CCOC(=O)C1CCCC(NCC2(CO)CCCCC2)C1. The maximum absolute atomic E-state index is 11.9. The zero-order valence-corrected chi connectivity index (χ0v) is 13.4. The van der Waals surface area contributed by atoms with E-state index in [1.807, 2.05) is 6.92 Å². The molecule has 0 heterocycles. The summed E-state index contributed by atoms with van der Waals surface area (Å²) in [5, 5.41) is 13.4. The van der Waals surface area contributed by atoms with Crippen molar-refractivity contribution in [2.45, 2.75) is 70.8 Å². The molecule has 21 heavy (non-hydrogen) atoms. The number of nitrogens with one attached hydrogen (secondary N) is 1. The first-order chi connectivity index (χ1) is 10.2. The van der Waals surface area contributed by atoms with E-state index in [-0.39, 0.29) is 23.9 Å². The summed E-state index contributed by atoms with van der Waals surface area (Å²) in [6.45, 7) is 3.52. The molecule has 2 unspecified atom stereocenters. The van der Waals surface area contributed by atoms with Gasteiger partial charge in [0.15, 0.2) is 0 Å². The van der Waals surface area contributed by atoms with E-state index in [9.17, 15) is 9.90 Å². The van der Waals surface area contributed by atoms with E-state index >= 15 is 0 Å². The highest BCUT2D eigenvalue weighted by Gasteiger charge is 2.33. The van der Waals surface area contributed by atoms with Crippen LogP contribution in [-0.4, -0.2) is 36.9 Å². The fraction of sp³-hybridized carbons (Fsp3) is 0.941. The van der Waals surface area contributed by atoms with Crippen LogP contribution in [0.3, 0.4) is 0 Å². The number of carbonyl (C=O) groups is 1. The molecule has 2 saturated carbocycles. The molecule has 0 saturated heterocycles. The lowest BCUT2D eigenvalue weighted by molar-refractivity contribution is -0.149. The first-order valence-corrected chi connectivity index (χ1v) is 8.70. The Hall–Kier alpha value is -0.610. The number of carbonyl (C=O) groups excluding carboxylic acids is 1. The molecule has 0 aromatic carbocycles. The molecule has 0 bridgehead atoms. The summed E-state index contributed by atoms with van der Waals surface area (Å²) in [7, 11) is 0. The third kappa shape index (κ3) is 4.68. The summed E-state index contributed by atoms with van der Waals surface area (Å²) < 4.78 is 5.16. The first kappa shape index (κ1) is 16.8. The van der Waals surface area contributed by atoms with Gasteiger partial charge in [0.25, 0.3) is 0 Å². The second-order valence-corrected chi connectivity index (χ2v) is 6.91. The van der Waals surface area contributed by atoms with Gasteiger partial charge in [-0.1, -0.05) is 25.7 Å². The van der Waals surface area contributed by atoms with Crippen molar-refractivity contribution >= 4 is 5.97 Å². The van der Waals surface area contributed by atoms with Crippen LogP contribution in [0.4, 0.5) is 0 Å². The van der Waals surface area contributed by atoms with Gasteiger partial charge in [-0.15, -0.1) is 0 Å². The van der Waals surface area contributed by atoms with Gasteiger partial charge in [0, 0.05) is 24.6 Å². The molecule has 0 aromatic rings. The van der Waals surface area contributed by atoms with Crippen molar-refractivity contribution < 1.29 is 14.6 Å². The average molecular weight is 297 g/mol. The molecule has 2 aliphatic carbocycles. The highest BCUT2D eigenvalue weighted by molar-refractivity contribution is 5.72. The topological polar surface area (TPSA) is 58.6 Å². The van der Waals surface area contributed by atoms with Crippen LogP contribution in [0.2, 0.25) is 0 Å². The maximum atomic E-state index is 11.9. The Bertz CT molecular complexity index is 326. The number of aliphatic hydroxyl groups excluding tert-OH is 1. The molecule has 122 valence electrons. The molecule has 2 N–H and O–H groups in total. The molecule has 0 amide bonds. The molecule has 0 aliphatic heterocycles. The Morgan fingerprint density at radius 2 is 2.00 bits per heavy atom. The van der Waals surface area contributed by atoms with Crippen molar-refractivity contribution in [2.75, 3.05) is 19.8 Å². The van der Waals surface area contributed by atoms with Gasteiger partial charge in [-0.05, 0) is 39.0 Å². The quantitative estimate of drug-likeness (QED) is 0.740. The van der Waals surface area contributed by atoms with Crippen LogP contribution in [0.15, 0.2) is 0 Å². The van der Waals surface area contributed by atoms with Crippen molar-refractivity contribution in [1.29, 1.82) is 0 Å². The van der Waals surface area contributed by atoms with Crippen LogP contribution in [-0.2, 0) is 9.53 Å². The third-order valence-electron chi connectivity index (χ3n) is 5.31. The number of aliphatic hydroxyl groups is 1. The minimum atomic E-state index is -0.0291. The molecule has 0 spiro atoms. The lowest BCUT2D eigenvalue weighted by Gasteiger charge is -2.38. The molecule has 4 heteroatoms. The molecule has 0 radical (unpaired) electrons. The van der Waals surface area contributed by atoms with Gasteiger partial charge in [-0.3, -0.25) is 4.79 Å². The smallest absolute Gasteiger partial charge is 0.308 e. The zero-order valence-electron chi connectivity index (χ0n) is 13.4. The van der Waals surface area contributed by atoms with E-state index in [2.05, 4.69) is 5.32 Å². The standard InChI is InChI=1S/C17H31NO3/c1-2-21-16(20)14-7-6-8-15(11-14)18-12-17(13-19)9-4-3-5-10-17/h14-15,18-19H,2-13H2,1H3. The number of ether oxygens (including phenoxy) is 1. The van der Waals surface area contributed by atoms with Crippen LogP contribution >= 0.6 is 0 Å². The van der Waals surface area contributed by atoms with Gasteiger partial charge in [-0.25, -0.2) is 0 Å². The van der Waals surface area contributed by atoms with Gasteiger partial charge in [0.05, 0.1) is 12.5 Å². The summed E-state index contributed by atoms with van der Waals surface area (Å²) >= 11 is 0. The second-order valence-electron chi connectivity index (χ2n) is 6.91. The summed E-state index contributed by atoms with van der Waals surface area (Å²) in [6, 6.07) is 0.401. The molecule has 2 fully saturated rings. The van der Waals surface area contributed by atoms with E-state index in [1.54, 1.807) is 0 Å². The minimum absolute atomic E-state index is 0.0291. The monoisotopic (exact) mass is 297 g/mol. The van der Waals surface area contributed by atoms with Gasteiger partial charge >= 0.3 is 5.97 Å². The highest BCUT2D eigenvalue weighted by atomic mass is 16.5. The first-order valence-electron chi connectivity index (χ1n) is 8.70. The summed E-state index contributed by atoms with van der Waals surface area (Å²) in [6.07, 6.45) is 10.1. The number of esters is 1. The lowest BCUT2D eigenvalue weighted by Crippen LogP contribution is -2.45. The van der Waals surface area contributed by atoms with Gasteiger partial charge < -0.3 is 15.2 Å². The van der Waals surface area contributed by atoms with Crippen molar-refractivity contribution in [3.8, 4) is 0 Å². The minimum Gasteiger partial charge on any atom is -0.466 e. The van der Waals surface area contributed by atoms with Gasteiger partial charge in [-0.2, -0.15) is 0 Å². The molecular formula is C17H31NO3. The number of hydrogen-bond acceptors (Lipinski definition) is 4. The Morgan fingerprint density at radius 1 is 1.24 bits per heavy atom. The van der Waals surface area contributed by atoms with E-state index in [4.69, 9.17) is 4.74 Å². The van der Waals surface area contributed by atoms with Crippen LogP contribution in [0.1, 0.15) is 64.7 Å². The molecule has 2 rings (SSSR count). The molecule has 0 aromatic heterocycles. The fourth-order valence-corrected chi connectivity index (χ4v) is 3.90. The molecule has 2 atom stereocenters. The van der Waals surface area contributed by atoms with Gasteiger partial charge in [0.2, 0.25) is 0 Å². The summed E-state index contributed by atoms with van der Waals surface area (Å²) in [5.74, 6) is 0.0335. The predicted molar refractivity (Wildman–Crippen MR) is 83.0 cm³/mol. The molecule has 4 nitrogen and oxygen atoms in total. The van der Waals surface area contributed by atoms with E-state index in [0.29, 0.717) is 12.6 Å². The van der Waals surface area contributed by atoms with Crippen molar-refractivity contribution in [2.24, 2.45) is 11.3 Å². The Labute approximate surface area is 128 Å². The van der Waals surface area contributed by atoms with Crippen LogP contribution in [0.25, 0.3) is 0 Å². The Morgan fingerprint density at radius 3 is 2.67 bits per heavy atom. The van der Waals surface area contributed by atoms with Gasteiger partial charge in [0.1, 0.15) is 0 Å². The van der Waals surface area contributed by atoms with Crippen LogP contribution in [0.5, 0.6) is 0 Å². The summed E-state index contributed by atoms with van der Waals surface area (Å²) in [4.78, 5) is 11.9.